The number of hydrogen-bond donors (Lipinski definition) is 4. The molecular weight excluding hydrogens is 865 g/mol. The molecule has 2 aliphatic carbocycles. The van der Waals surface area contributed by atoms with Crippen LogP contribution in [0.3, 0.4) is 0 Å². The molecule has 356 valence electrons. The number of aromatic nitrogens is 4. The molecule has 5 aromatic rings. The first-order chi connectivity index (χ1) is 32.9. The van der Waals surface area contributed by atoms with Crippen molar-refractivity contribution in [2.45, 2.75) is 101 Å². The van der Waals surface area contributed by atoms with Gasteiger partial charge in [0, 0.05) is 44.1 Å². The minimum absolute atomic E-state index is 0.0184. The van der Waals surface area contributed by atoms with E-state index in [0.717, 1.165) is 81.7 Å². The lowest BCUT2D eigenvalue weighted by atomic mass is 9.90. The van der Waals surface area contributed by atoms with Gasteiger partial charge in [-0.1, -0.05) is 62.4 Å². The summed E-state index contributed by atoms with van der Waals surface area (Å²) in [5.41, 5.74) is 5.96. The highest BCUT2D eigenvalue weighted by Crippen LogP contribution is 2.64. The van der Waals surface area contributed by atoms with Gasteiger partial charge in [0.1, 0.15) is 23.7 Å². The molecule has 4 N–H and O–H groups in total. The van der Waals surface area contributed by atoms with E-state index in [9.17, 15) is 19.2 Å². The zero-order valence-corrected chi connectivity index (χ0v) is 39.1. The van der Waals surface area contributed by atoms with Crippen LogP contribution < -0.4 is 10.6 Å². The second-order valence-corrected chi connectivity index (χ2v) is 20.5. The summed E-state index contributed by atoms with van der Waals surface area (Å²) in [6.07, 6.45) is 8.75. The second-order valence-electron chi connectivity index (χ2n) is 20.5. The first-order valence-corrected chi connectivity index (χ1v) is 24.2. The molecule has 16 heteroatoms. The fraction of sp³-hybridized carbons (Fsp3) is 0.500. The smallest absolute Gasteiger partial charge is 0.407 e. The van der Waals surface area contributed by atoms with Gasteiger partial charge in [-0.15, -0.1) is 0 Å². The standard InChI is InChI=1S/C52H60N8O8/c1-51-23-39(59(41(51)25-51)47(61)43(57-49(63)65-3)31-13-17-67-18-14-31)45-53-27-37(55-45)30-7-5-29(6-8-30)33-9-10-35-22-36(12-11-34(35)21-33)38-28-54-46(56-38)40-24-52(2)26-42(52)60(40)48(62)44(58-50(64)66-4)32-15-19-68-20-16-32/h5-12,21-22,27-28,31-32,39-44H,13-20,23-26H2,1-4H3,(H,53,55)(H,54,56)(H,57,63)(H,58,64)/t39-,40-,41?,42+,43-,44-,51-,52-/m0/s1. The van der Waals surface area contributed by atoms with Gasteiger partial charge in [0.15, 0.2) is 0 Å². The molecule has 6 fully saturated rings. The van der Waals surface area contributed by atoms with E-state index in [0.29, 0.717) is 52.1 Å². The van der Waals surface area contributed by atoms with Crippen LogP contribution in [0.4, 0.5) is 9.59 Å². The van der Waals surface area contributed by atoms with E-state index in [2.05, 4.69) is 95.1 Å². The molecule has 4 aliphatic heterocycles. The lowest BCUT2D eigenvalue weighted by Gasteiger charge is -2.35. The van der Waals surface area contributed by atoms with E-state index in [1.54, 1.807) is 0 Å². The molecule has 11 rings (SSSR count). The van der Waals surface area contributed by atoms with Crippen molar-refractivity contribution in [1.82, 2.24) is 40.4 Å². The molecule has 4 amide bonds. The van der Waals surface area contributed by atoms with E-state index < -0.39 is 24.3 Å². The number of benzene rings is 3. The summed E-state index contributed by atoms with van der Waals surface area (Å²) in [4.78, 5) is 74.5. The van der Waals surface area contributed by atoms with Crippen molar-refractivity contribution in [2.24, 2.45) is 22.7 Å². The van der Waals surface area contributed by atoms with Gasteiger partial charge in [0.05, 0.1) is 50.1 Å². The largest absolute Gasteiger partial charge is 0.453 e. The minimum Gasteiger partial charge on any atom is -0.453 e. The molecule has 1 unspecified atom stereocenters. The normalized spacial score (nSPS) is 27.5. The molecule has 6 aliphatic rings. The highest BCUT2D eigenvalue weighted by Gasteiger charge is 2.65. The molecule has 0 spiro atoms. The number of hydrogen-bond acceptors (Lipinski definition) is 10. The van der Waals surface area contributed by atoms with Crippen LogP contribution in [0, 0.1) is 22.7 Å². The SMILES string of the molecule is COC(=O)N[C@H](C(=O)N1C2C[C@]2(C)C[C@H]1c1ncc(-c2ccc(-c3ccc4cc(-c5cnc([C@@H]6C[C@@]7(C)C[C@H]7N6C(=O)[C@@H](NC(=O)OC)C6CCOCC6)[nH]5)ccc4c3)cc2)[nH]1)C1CCOCC1. The van der Waals surface area contributed by atoms with Gasteiger partial charge < -0.3 is 49.3 Å². The number of carbonyl (C=O) groups excluding carboxylic acids is 4. The Labute approximate surface area is 395 Å². The Morgan fingerprint density at radius 3 is 1.49 bits per heavy atom. The highest BCUT2D eigenvalue weighted by molar-refractivity contribution is 5.91. The number of ether oxygens (including phenoxy) is 4. The number of methoxy groups -OCH3 is 2. The molecular formula is C52H60N8O8. The Morgan fingerprint density at radius 1 is 0.603 bits per heavy atom. The molecule has 2 aromatic heterocycles. The van der Waals surface area contributed by atoms with E-state index >= 15 is 0 Å². The van der Waals surface area contributed by atoms with Gasteiger partial charge in [0.2, 0.25) is 11.8 Å². The Morgan fingerprint density at radius 2 is 1.01 bits per heavy atom. The molecule has 16 nitrogen and oxygen atoms in total. The highest BCUT2D eigenvalue weighted by atomic mass is 16.5. The fourth-order valence-electron chi connectivity index (χ4n) is 12.0. The van der Waals surface area contributed by atoms with Crippen molar-refractivity contribution in [3.63, 3.8) is 0 Å². The maximum Gasteiger partial charge on any atom is 0.407 e. The Bertz CT molecular complexity index is 2740. The maximum atomic E-state index is 14.4. The quantitative estimate of drug-likeness (QED) is 0.102. The summed E-state index contributed by atoms with van der Waals surface area (Å²) in [5, 5.41) is 7.94. The summed E-state index contributed by atoms with van der Waals surface area (Å²) in [7, 11) is 2.65. The first kappa shape index (κ1) is 44.3. The van der Waals surface area contributed by atoms with Crippen LogP contribution in [0.25, 0.3) is 44.4 Å². The number of fused-ring (bicyclic) bond motifs is 3. The van der Waals surface area contributed by atoms with Crippen molar-refractivity contribution < 1.29 is 38.1 Å². The van der Waals surface area contributed by atoms with Crippen molar-refractivity contribution in [3.05, 3.63) is 84.7 Å². The molecule has 68 heavy (non-hydrogen) atoms. The zero-order chi connectivity index (χ0) is 46.9. The predicted octanol–water partition coefficient (Wildman–Crippen LogP) is 7.69. The molecule has 8 atom stereocenters. The second kappa shape index (κ2) is 17.4. The monoisotopic (exact) mass is 924 g/mol. The number of carbonyl (C=O) groups is 4. The maximum absolute atomic E-state index is 14.4. The minimum atomic E-state index is -0.692. The zero-order valence-electron chi connectivity index (χ0n) is 39.1. The summed E-state index contributed by atoms with van der Waals surface area (Å²) < 4.78 is 21.0. The number of alkyl carbamates (subject to hydrolysis) is 2. The summed E-state index contributed by atoms with van der Waals surface area (Å²) >= 11 is 0. The third-order valence-corrected chi connectivity index (χ3v) is 16.2. The van der Waals surface area contributed by atoms with E-state index in [4.69, 9.17) is 28.9 Å². The number of imidazole rings is 2. The van der Waals surface area contributed by atoms with Gasteiger partial charge in [-0.3, -0.25) is 9.59 Å². The van der Waals surface area contributed by atoms with Gasteiger partial charge in [0.25, 0.3) is 0 Å². The number of rotatable bonds is 11. The average molecular weight is 925 g/mol. The predicted molar refractivity (Wildman–Crippen MR) is 252 cm³/mol. The van der Waals surface area contributed by atoms with Gasteiger partial charge >= 0.3 is 12.2 Å². The lowest BCUT2D eigenvalue weighted by Crippen LogP contribution is -2.54. The Balaban J connectivity index is 0.779. The van der Waals surface area contributed by atoms with E-state index in [-0.39, 0.29) is 58.6 Å². The van der Waals surface area contributed by atoms with Crippen molar-refractivity contribution >= 4 is 34.8 Å². The van der Waals surface area contributed by atoms with Crippen molar-refractivity contribution in [3.8, 4) is 33.6 Å². The molecule has 3 aromatic carbocycles. The van der Waals surface area contributed by atoms with Crippen molar-refractivity contribution in [2.75, 3.05) is 40.6 Å². The molecule has 6 heterocycles. The lowest BCUT2D eigenvalue weighted by molar-refractivity contribution is -0.138. The van der Waals surface area contributed by atoms with Crippen LogP contribution >= 0.6 is 0 Å². The number of amides is 4. The number of aromatic amines is 2. The number of nitrogens with zero attached hydrogens (tertiary/aromatic N) is 4. The third kappa shape index (κ3) is 8.08. The Hall–Kier alpha value is -6.26. The molecule has 0 bridgehead atoms. The van der Waals surface area contributed by atoms with Crippen LogP contribution in [-0.2, 0) is 28.5 Å². The molecule has 0 radical (unpaired) electrons. The van der Waals surface area contributed by atoms with E-state index in [1.165, 1.54) is 14.2 Å². The van der Waals surface area contributed by atoms with Gasteiger partial charge in [-0.05, 0) is 114 Å². The first-order valence-electron chi connectivity index (χ1n) is 24.2. The summed E-state index contributed by atoms with van der Waals surface area (Å²) in [5.74, 6) is 1.27. The number of piperidine rings is 2. The molecule has 4 saturated heterocycles. The van der Waals surface area contributed by atoms with Crippen LogP contribution in [0.5, 0.6) is 0 Å². The van der Waals surface area contributed by atoms with Gasteiger partial charge in [-0.25, -0.2) is 19.6 Å². The third-order valence-electron chi connectivity index (χ3n) is 16.2. The van der Waals surface area contributed by atoms with Gasteiger partial charge in [-0.2, -0.15) is 0 Å². The summed E-state index contributed by atoms with van der Waals surface area (Å²) in [6, 6.07) is 19.7. The number of nitrogens with one attached hydrogen (secondary N) is 4. The van der Waals surface area contributed by atoms with Crippen LogP contribution in [0.1, 0.15) is 88.9 Å². The number of likely N-dealkylation sites (tertiary alicyclic amines) is 2. The van der Waals surface area contributed by atoms with E-state index in [1.807, 2.05) is 22.2 Å². The van der Waals surface area contributed by atoms with Crippen LogP contribution in [0.15, 0.2) is 73.1 Å². The topological polar surface area (TPSA) is 193 Å². The fourth-order valence-corrected chi connectivity index (χ4v) is 12.0. The molecule has 2 saturated carbocycles. The average Bonchev–Trinajstić information content (AvgIpc) is 3.79. The summed E-state index contributed by atoms with van der Waals surface area (Å²) in [6.45, 7) is 6.71. The Kier molecular flexibility index (Phi) is 11.3. The number of H-pyrrole nitrogens is 2. The van der Waals surface area contributed by atoms with Crippen LogP contribution in [-0.4, -0.2) is 119 Å². The van der Waals surface area contributed by atoms with Crippen molar-refractivity contribution in [1.29, 1.82) is 0 Å². The van der Waals surface area contributed by atoms with Crippen LogP contribution in [0.2, 0.25) is 0 Å².